The average molecular weight is 323 g/mol. The second-order valence-electron chi connectivity index (χ2n) is 5.07. The lowest BCUT2D eigenvalue weighted by Gasteiger charge is -2.14. The van der Waals surface area contributed by atoms with E-state index >= 15 is 0 Å². The number of benzene rings is 3. The van der Waals surface area contributed by atoms with Gasteiger partial charge in [-0.3, -0.25) is 14.9 Å². The molecule has 112 valence electrons. The van der Waals surface area contributed by atoms with Gasteiger partial charge in [0.2, 0.25) is 0 Å². The maximum absolute atomic E-state index is 12.0. The summed E-state index contributed by atoms with van der Waals surface area (Å²) in [5, 5.41) is 13.1. The number of thioether (sulfide) groups is 1. The highest BCUT2D eigenvalue weighted by atomic mass is 32.2. The van der Waals surface area contributed by atoms with Crippen molar-refractivity contribution in [2.24, 2.45) is 10.7 Å². The predicted molar refractivity (Wildman–Crippen MR) is 90.1 cm³/mol. The van der Waals surface area contributed by atoms with E-state index in [0.717, 1.165) is 22.9 Å². The van der Waals surface area contributed by atoms with Crippen molar-refractivity contribution in [3.8, 4) is 11.1 Å². The molecule has 0 aliphatic carbocycles. The van der Waals surface area contributed by atoms with Crippen LogP contribution >= 0.6 is 11.8 Å². The van der Waals surface area contributed by atoms with Crippen molar-refractivity contribution >= 4 is 44.2 Å². The Hall–Kier alpha value is -2.93. The third-order valence-corrected chi connectivity index (χ3v) is 4.69. The van der Waals surface area contributed by atoms with Gasteiger partial charge in [0.25, 0.3) is 11.6 Å². The summed E-state index contributed by atoms with van der Waals surface area (Å²) in [7, 11) is 0. The lowest BCUT2D eigenvalue weighted by molar-refractivity contribution is -0.382. The van der Waals surface area contributed by atoms with Gasteiger partial charge in [-0.2, -0.15) is 4.99 Å². The van der Waals surface area contributed by atoms with Crippen LogP contribution in [0, 0.1) is 10.1 Å². The monoisotopic (exact) mass is 323 g/mol. The Morgan fingerprint density at radius 3 is 2.48 bits per heavy atom. The molecular formula is C16H9N3O3S. The molecule has 4 aromatic carbocycles. The summed E-state index contributed by atoms with van der Waals surface area (Å²) < 4.78 is 0. The number of nitrogens with zero attached hydrogens (tertiary/aromatic N) is 2. The molecule has 5 rings (SSSR count). The summed E-state index contributed by atoms with van der Waals surface area (Å²) in [6.07, 6.45) is 0. The molecule has 1 aliphatic heterocycles. The van der Waals surface area contributed by atoms with E-state index in [9.17, 15) is 14.9 Å². The third-order valence-electron chi connectivity index (χ3n) is 3.80. The second-order valence-corrected chi connectivity index (χ2v) is 6.10. The fraction of sp³-hybridized carbons (Fsp3) is 0. The van der Waals surface area contributed by atoms with Crippen LogP contribution in [0.4, 0.5) is 5.69 Å². The second kappa shape index (κ2) is 4.79. The topological polar surface area (TPSA) is 98.6 Å². The Kier molecular flexibility index (Phi) is 2.85. The highest BCUT2D eigenvalue weighted by Crippen LogP contribution is 2.39. The maximum atomic E-state index is 12.0. The van der Waals surface area contributed by atoms with E-state index in [2.05, 4.69) is 4.99 Å². The number of rotatable bonds is 2. The van der Waals surface area contributed by atoms with E-state index < -0.39 is 10.8 Å². The fourth-order valence-electron chi connectivity index (χ4n) is 2.88. The molecule has 6 nitrogen and oxygen atoms in total. The number of hydrogen-bond acceptors (Lipinski definition) is 5. The Bertz CT molecular complexity index is 1040. The molecule has 0 saturated heterocycles. The molecule has 2 N–H and O–H groups in total. The standard InChI is InChI=1S/C16H9N3O3S/c17-16-18-15(20)14(23-16)12-10-7-6-9(8-4-2-1-3-5-8)11(12)13(10)19(21)22/h1-7H,(H2,17,18,20)/b14-12-. The molecule has 4 aromatic rings. The van der Waals surface area contributed by atoms with E-state index in [-0.39, 0.29) is 10.9 Å². The maximum Gasteiger partial charge on any atom is 0.286 e. The van der Waals surface area contributed by atoms with Gasteiger partial charge in [-0.15, -0.1) is 0 Å². The number of nitro benzene ring substituents is 1. The first-order valence-electron chi connectivity index (χ1n) is 6.76. The lowest BCUT2D eigenvalue weighted by Crippen LogP contribution is -2.20. The van der Waals surface area contributed by atoms with Crippen LogP contribution in [0.25, 0.3) is 26.8 Å². The van der Waals surface area contributed by atoms with Gasteiger partial charge in [-0.1, -0.05) is 36.4 Å². The highest BCUT2D eigenvalue weighted by Gasteiger charge is 2.32. The number of fused-ring (bicyclic) bond motifs is 2. The zero-order chi connectivity index (χ0) is 16.1. The number of hydrogen-bond donors (Lipinski definition) is 1. The van der Waals surface area contributed by atoms with E-state index in [1.165, 1.54) is 0 Å². The van der Waals surface area contributed by atoms with Crippen molar-refractivity contribution < 1.29 is 9.72 Å². The van der Waals surface area contributed by atoms with Gasteiger partial charge >= 0.3 is 0 Å². The Balaban J connectivity index is 2.07. The Labute approximate surface area is 134 Å². The van der Waals surface area contributed by atoms with Crippen molar-refractivity contribution in [2.75, 3.05) is 0 Å². The van der Waals surface area contributed by atoms with Gasteiger partial charge in [0.1, 0.15) is 0 Å². The van der Waals surface area contributed by atoms with Crippen LogP contribution in [-0.2, 0) is 4.79 Å². The van der Waals surface area contributed by atoms with Crippen LogP contribution in [0.2, 0.25) is 0 Å². The molecule has 0 spiro atoms. The van der Waals surface area contributed by atoms with Gasteiger partial charge < -0.3 is 5.73 Å². The number of nitrogens with two attached hydrogens (primary N) is 1. The molecule has 0 unspecified atom stereocenters. The largest absolute Gasteiger partial charge is 0.378 e. The minimum Gasteiger partial charge on any atom is -0.378 e. The zero-order valence-corrected chi connectivity index (χ0v) is 12.5. The molecule has 23 heavy (non-hydrogen) atoms. The van der Waals surface area contributed by atoms with Crippen molar-refractivity contribution in [3.05, 3.63) is 57.8 Å². The number of non-ortho nitro benzene ring substituents is 1. The average Bonchev–Trinajstić information content (AvgIpc) is 2.86. The Morgan fingerprint density at radius 2 is 1.87 bits per heavy atom. The summed E-state index contributed by atoms with van der Waals surface area (Å²) >= 11 is 1.06. The number of amidine groups is 1. The molecule has 2 bridgehead atoms. The SMILES string of the molecule is NC1=NC(=O)/C(=c2/c3c(-c4ccccc4)ccc2=C3[N+](=O)[O-])S1. The fourth-order valence-corrected chi connectivity index (χ4v) is 3.67. The van der Waals surface area contributed by atoms with Crippen LogP contribution in [0.15, 0.2) is 47.5 Å². The van der Waals surface area contributed by atoms with E-state index in [0.29, 0.717) is 20.9 Å². The molecule has 7 heteroatoms. The molecular weight excluding hydrogens is 314 g/mol. The van der Waals surface area contributed by atoms with Gasteiger partial charge in [-0.05, 0) is 29.0 Å². The van der Waals surface area contributed by atoms with Gasteiger partial charge in [0.05, 0.1) is 20.6 Å². The van der Waals surface area contributed by atoms with Crippen LogP contribution in [0.1, 0.15) is 0 Å². The quantitative estimate of drug-likeness (QED) is 0.576. The molecule has 0 aromatic heterocycles. The van der Waals surface area contributed by atoms with Crippen molar-refractivity contribution in [1.29, 1.82) is 0 Å². The summed E-state index contributed by atoms with van der Waals surface area (Å²) in [4.78, 5) is 27.0. The summed E-state index contributed by atoms with van der Waals surface area (Å²) in [5.74, 6) is -0.442. The van der Waals surface area contributed by atoms with Crippen molar-refractivity contribution in [3.63, 3.8) is 0 Å². The smallest absolute Gasteiger partial charge is 0.286 e. The highest BCUT2D eigenvalue weighted by molar-refractivity contribution is 8.23. The molecule has 0 atom stereocenters. The zero-order valence-electron chi connectivity index (χ0n) is 11.6. The summed E-state index contributed by atoms with van der Waals surface area (Å²) in [6.45, 7) is 0. The first-order valence-corrected chi connectivity index (χ1v) is 7.57. The summed E-state index contributed by atoms with van der Waals surface area (Å²) in [5.41, 5.74) is 7.24. The van der Waals surface area contributed by atoms with Gasteiger partial charge in [-0.25, -0.2) is 0 Å². The van der Waals surface area contributed by atoms with E-state index in [1.807, 2.05) is 36.4 Å². The van der Waals surface area contributed by atoms with Crippen molar-refractivity contribution in [2.45, 2.75) is 0 Å². The predicted octanol–water partition coefficient (Wildman–Crippen LogP) is 2.27. The third kappa shape index (κ3) is 1.90. The molecule has 1 heterocycles. The van der Waals surface area contributed by atoms with E-state index in [1.54, 1.807) is 6.07 Å². The number of amides is 1. The number of carbonyl (C=O) groups excluding carboxylic acids is 1. The lowest BCUT2D eigenvalue weighted by atomic mass is 9.89. The van der Waals surface area contributed by atoms with Crippen LogP contribution < -0.4 is 11.0 Å². The van der Waals surface area contributed by atoms with Gasteiger partial charge in [0.15, 0.2) is 5.17 Å². The first kappa shape index (κ1) is 13.7. The molecule has 0 saturated carbocycles. The minimum absolute atomic E-state index is 0.0488. The first-order chi connectivity index (χ1) is 11.1. The van der Waals surface area contributed by atoms with Crippen molar-refractivity contribution in [1.82, 2.24) is 0 Å². The Morgan fingerprint density at radius 1 is 1.13 bits per heavy atom. The number of nitro groups is 1. The molecule has 0 radical (unpaired) electrons. The summed E-state index contributed by atoms with van der Waals surface area (Å²) in [6, 6.07) is 12.9. The molecule has 1 amide bonds. The van der Waals surface area contributed by atoms with E-state index in [4.69, 9.17) is 5.73 Å². The molecule has 1 aliphatic rings. The van der Waals surface area contributed by atoms with Gasteiger partial charge in [0, 0.05) is 5.22 Å². The van der Waals surface area contributed by atoms with Crippen LogP contribution in [0.3, 0.4) is 0 Å². The van der Waals surface area contributed by atoms with Crippen LogP contribution in [0.5, 0.6) is 0 Å². The number of aliphatic imine (C=N–C) groups is 1. The minimum atomic E-state index is -0.442. The molecule has 0 fully saturated rings. The van der Waals surface area contributed by atoms with Crippen LogP contribution in [-0.4, -0.2) is 16.0 Å². The number of carbonyl (C=O) groups is 1. The normalized spacial score (nSPS) is 17.0.